The highest BCUT2D eigenvalue weighted by molar-refractivity contribution is 6.23. The smallest absolute Gasteiger partial charge is 0.262 e. The summed E-state index contributed by atoms with van der Waals surface area (Å²) in [6, 6.07) is 19.7. The molecule has 19 heteroatoms. The van der Waals surface area contributed by atoms with Crippen molar-refractivity contribution in [2.24, 2.45) is 5.73 Å². The van der Waals surface area contributed by atoms with Crippen LogP contribution in [0.1, 0.15) is 71.1 Å². The number of halogens is 1. The summed E-state index contributed by atoms with van der Waals surface area (Å²) in [6.45, 7) is 11.0. The molecule has 18 nitrogen and oxygen atoms in total. The molecule has 3 aromatic carbocycles. The van der Waals surface area contributed by atoms with Crippen molar-refractivity contribution in [2.75, 3.05) is 72.8 Å². The maximum Gasteiger partial charge on any atom is 0.262 e. The second kappa shape index (κ2) is 16.7. The number of imide groups is 2. The number of aryl methyl sites for hydroxylation is 3. The summed E-state index contributed by atoms with van der Waals surface area (Å²) in [4.78, 5) is 91.8. The molecule has 8 heterocycles. The molecule has 6 amide bonds. The van der Waals surface area contributed by atoms with Crippen molar-refractivity contribution in [1.29, 1.82) is 0 Å². The predicted octanol–water partition coefficient (Wildman–Crippen LogP) is 3.45. The second-order valence-corrected chi connectivity index (χ2v) is 18.5. The van der Waals surface area contributed by atoms with E-state index in [1.165, 1.54) is 19.1 Å². The zero-order chi connectivity index (χ0) is 47.1. The van der Waals surface area contributed by atoms with Crippen LogP contribution in [0.3, 0.4) is 0 Å². The summed E-state index contributed by atoms with van der Waals surface area (Å²) in [5, 5.41) is 13.1. The van der Waals surface area contributed by atoms with Crippen molar-refractivity contribution in [2.45, 2.75) is 57.8 Å². The molecule has 4 fully saturated rings. The van der Waals surface area contributed by atoms with Gasteiger partial charge in [-0.2, -0.15) is 5.10 Å². The first-order valence-electron chi connectivity index (χ1n) is 23.0. The normalized spacial score (nSPS) is 19.9. The lowest BCUT2D eigenvalue weighted by atomic mass is 9.97. The second-order valence-electron chi connectivity index (χ2n) is 18.5. The predicted molar refractivity (Wildman–Crippen MR) is 249 cm³/mol. The van der Waals surface area contributed by atoms with Crippen molar-refractivity contribution in [3.05, 3.63) is 112 Å². The molecule has 0 saturated carbocycles. The van der Waals surface area contributed by atoms with Gasteiger partial charge in [0.15, 0.2) is 0 Å². The molecule has 1 atom stereocenters. The van der Waals surface area contributed by atoms with E-state index in [4.69, 9.17) is 10.8 Å². The number of likely N-dealkylation sites (tertiary alicyclic amines) is 1. The Balaban J connectivity index is 0.684. The summed E-state index contributed by atoms with van der Waals surface area (Å²) >= 11 is 0. The SMILES string of the molecule is Cc1cccc(NC(=O)c2ccc(-c3nn4c(c3C(N)=O)Nc3ccc(N5CCN(C6CN(C7CN(c8ccc9c(c8)C(=O)N(C8CCC(=O)NC8=O)C9=O)C7)C6)CC5)cc3CC4)c(F)c2C)n1. The first-order valence-corrected chi connectivity index (χ1v) is 23.0. The van der Waals surface area contributed by atoms with Crippen LogP contribution in [0.5, 0.6) is 0 Å². The fourth-order valence-corrected chi connectivity index (χ4v) is 10.5. The van der Waals surface area contributed by atoms with Gasteiger partial charge in [-0.25, -0.2) is 14.1 Å². The number of primary amides is 1. The summed E-state index contributed by atoms with van der Waals surface area (Å²) in [6.07, 6.45) is 0.816. The third-order valence-electron chi connectivity index (χ3n) is 14.4. The number of amides is 6. The largest absolute Gasteiger partial charge is 0.369 e. The lowest BCUT2D eigenvalue weighted by Crippen LogP contribution is -2.71. The maximum absolute atomic E-state index is 16.1. The minimum Gasteiger partial charge on any atom is -0.369 e. The zero-order valence-electron chi connectivity index (χ0n) is 37.6. The molecule has 6 aliphatic heterocycles. The molecular weight excluding hydrogens is 872 g/mol. The Morgan fingerprint density at radius 2 is 1.49 bits per heavy atom. The Morgan fingerprint density at radius 3 is 2.24 bits per heavy atom. The molecule has 11 rings (SSSR count). The number of carbonyl (C=O) groups excluding carboxylic acids is 6. The molecule has 2 aromatic heterocycles. The highest BCUT2D eigenvalue weighted by atomic mass is 19.1. The Bertz CT molecular complexity index is 2990. The van der Waals surface area contributed by atoms with Crippen LogP contribution in [0.2, 0.25) is 0 Å². The third kappa shape index (κ3) is 7.41. The summed E-state index contributed by atoms with van der Waals surface area (Å²) in [5.74, 6) is -3.21. The van der Waals surface area contributed by atoms with Gasteiger partial charge in [-0.3, -0.25) is 48.8 Å². The number of piperidine rings is 1. The Morgan fingerprint density at radius 1 is 0.765 bits per heavy atom. The van der Waals surface area contributed by atoms with Crippen molar-refractivity contribution in [3.8, 4) is 11.3 Å². The lowest BCUT2D eigenvalue weighted by molar-refractivity contribution is -0.136. The van der Waals surface area contributed by atoms with Crippen LogP contribution in [-0.2, 0) is 22.6 Å². The highest BCUT2D eigenvalue weighted by Gasteiger charge is 2.46. The van der Waals surface area contributed by atoms with E-state index in [0.29, 0.717) is 42.2 Å². The fraction of sp³-hybridized carbons (Fsp3) is 0.347. The number of fused-ring (bicyclic) bond motifs is 3. The van der Waals surface area contributed by atoms with Crippen LogP contribution in [0.25, 0.3) is 11.3 Å². The Kier molecular flexibility index (Phi) is 10.6. The quantitative estimate of drug-likeness (QED) is 0.156. The van der Waals surface area contributed by atoms with Gasteiger partial charge >= 0.3 is 0 Å². The number of aromatic nitrogens is 3. The molecular formula is C49H49FN12O6. The number of benzene rings is 3. The fourth-order valence-electron chi connectivity index (χ4n) is 10.5. The van der Waals surface area contributed by atoms with Gasteiger partial charge in [-0.1, -0.05) is 6.07 Å². The molecule has 0 spiro atoms. The summed E-state index contributed by atoms with van der Waals surface area (Å²) in [7, 11) is 0. The number of nitrogens with zero attached hydrogens (tertiary/aromatic N) is 8. The van der Waals surface area contributed by atoms with E-state index in [1.54, 1.807) is 28.9 Å². The van der Waals surface area contributed by atoms with Gasteiger partial charge in [-0.15, -0.1) is 0 Å². The number of nitrogens with two attached hydrogens (primary N) is 1. The number of pyridine rings is 1. The molecule has 6 aliphatic rings. The van der Waals surface area contributed by atoms with E-state index in [2.05, 4.69) is 52.7 Å². The van der Waals surface area contributed by atoms with E-state index >= 15 is 4.39 Å². The van der Waals surface area contributed by atoms with Gasteiger partial charge in [0.05, 0.1) is 11.1 Å². The number of piperazine rings is 1. The molecule has 348 valence electrons. The van der Waals surface area contributed by atoms with Crippen molar-refractivity contribution in [1.82, 2.24) is 34.8 Å². The zero-order valence-corrected chi connectivity index (χ0v) is 37.6. The van der Waals surface area contributed by atoms with E-state index in [0.717, 1.165) is 85.6 Å². The Hall–Kier alpha value is -7.51. The monoisotopic (exact) mass is 920 g/mol. The maximum atomic E-state index is 16.1. The number of rotatable bonds is 9. The first-order chi connectivity index (χ1) is 32.8. The third-order valence-corrected chi connectivity index (χ3v) is 14.4. The average molecular weight is 921 g/mol. The van der Waals surface area contributed by atoms with Crippen LogP contribution < -0.4 is 31.5 Å². The average Bonchev–Trinajstić information content (AvgIpc) is 3.69. The molecule has 1 unspecified atom stereocenters. The topological polar surface area (TPSA) is 211 Å². The van der Waals surface area contributed by atoms with Gasteiger partial charge in [0, 0.05) is 111 Å². The van der Waals surface area contributed by atoms with Gasteiger partial charge in [0.2, 0.25) is 11.8 Å². The minimum absolute atomic E-state index is 0.0673. The molecule has 4 saturated heterocycles. The van der Waals surface area contributed by atoms with Crippen molar-refractivity contribution >= 4 is 64.1 Å². The van der Waals surface area contributed by atoms with E-state index in [9.17, 15) is 28.8 Å². The molecule has 0 radical (unpaired) electrons. The van der Waals surface area contributed by atoms with Gasteiger partial charge in [-0.05, 0) is 98.5 Å². The summed E-state index contributed by atoms with van der Waals surface area (Å²) < 4.78 is 17.8. The first kappa shape index (κ1) is 43.1. The van der Waals surface area contributed by atoms with Gasteiger partial charge in [0.1, 0.15) is 34.8 Å². The number of nitrogens with one attached hydrogen (secondary N) is 3. The number of carbonyl (C=O) groups is 6. The number of hydrogen-bond donors (Lipinski definition) is 4. The molecule has 5 N–H and O–H groups in total. The number of hydrogen-bond acceptors (Lipinski definition) is 13. The van der Waals surface area contributed by atoms with E-state index < -0.39 is 47.3 Å². The van der Waals surface area contributed by atoms with Gasteiger partial charge in [0.25, 0.3) is 23.6 Å². The lowest BCUT2D eigenvalue weighted by Gasteiger charge is -2.55. The van der Waals surface area contributed by atoms with Crippen molar-refractivity contribution in [3.63, 3.8) is 0 Å². The summed E-state index contributed by atoms with van der Waals surface area (Å²) in [5.41, 5.74) is 11.6. The standard InChI is InChI=1S/C49H49FN12O6/c1-26-4-3-5-39(52-26)54-46(65)33-9-10-35(42(50)27(33)2)43-41(44(51)64)45-53-37-11-7-29(20-28(37)14-15-61(45)56-43)57-16-18-58(19-17-57)31-22-60(23-31)32-24-59(25-32)30-6-8-34-36(21-30)49(68)62(48(34)67)38-12-13-40(63)55-47(38)66/h3-11,20-21,31-32,38,53H,12-19,22-25H2,1-2H3,(H2,51,64)(H,52,54,65)(H,55,63,66). The molecule has 0 aliphatic carbocycles. The minimum atomic E-state index is -0.986. The van der Waals surface area contributed by atoms with E-state index in [1.807, 2.05) is 25.1 Å². The molecule has 5 aromatic rings. The van der Waals surface area contributed by atoms with Gasteiger partial charge < -0.3 is 26.2 Å². The van der Waals surface area contributed by atoms with Crippen LogP contribution >= 0.6 is 0 Å². The van der Waals surface area contributed by atoms with Crippen molar-refractivity contribution < 1.29 is 33.2 Å². The van der Waals surface area contributed by atoms with Crippen LogP contribution in [0, 0.1) is 19.7 Å². The van der Waals surface area contributed by atoms with Crippen LogP contribution in [-0.4, -0.2) is 135 Å². The molecule has 68 heavy (non-hydrogen) atoms. The molecule has 0 bridgehead atoms. The van der Waals surface area contributed by atoms with Crippen LogP contribution in [0.15, 0.2) is 66.7 Å². The number of anilines is 5. The van der Waals surface area contributed by atoms with Crippen LogP contribution in [0.4, 0.5) is 33.1 Å². The Labute approximate surface area is 390 Å². The van der Waals surface area contributed by atoms with E-state index in [-0.39, 0.29) is 46.4 Å². The highest BCUT2D eigenvalue weighted by Crippen LogP contribution is 2.39.